The van der Waals surface area contributed by atoms with Gasteiger partial charge in [0.1, 0.15) is 0 Å². The van der Waals surface area contributed by atoms with Gasteiger partial charge in [-0.1, -0.05) is 176 Å². The van der Waals surface area contributed by atoms with E-state index in [1.165, 1.54) is 70.2 Å². The Hall–Kier alpha value is -6.94. The van der Waals surface area contributed by atoms with Gasteiger partial charge in [-0.3, -0.25) is 0 Å². The fraction of sp³-hybridized carbons (Fsp3) is 0.0370. The van der Waals surface area contributed by atoms with Crippen molar-refractivity contribution in [1.82, 2.24) is 9.97 Å². The molecular formula is C54H36N2S. The van der Waals surface area contributed by atoms with Crippen molar-refractivity contribution in [2.24, 2.45) is 0 Å². The molecule has 0 aliphatic heterocycles. The average Bonchev–Trinajstić information content (AvgIpc) is 3.80. The smallest absolute Gasteiger partial charge is 0.160 e. The van der Waals surface area contributed by atoms with E-state index in [-0.39, 0.29) is 5.41 Å². The third-order valence-corrected chi connectivity index (χ3v) is 13.0. The highest BCUT2D eigenvalue weighted by atomic mass is 32.1. The minimum Gasteiger partial charge on any atom is -0.228 e. The SMILES string of the molecule is CC1(c2ccccc2)c2ccccc2-c2c(-c3ccc(-c4cc(-c5ccc(-c6ccc7sc8ccccc8c7c6)cc5)nc(-c5ccccc5)n4)cc3)cccc21. The summed E-state index contributed by atoms with van der Waals surface area (Å²) < 4.78 is 2.64. The lowest BCUT2D eigenvalue weighted by atomic mass is 9.74. The Labute approximate surface area is 336 Å². The highest BCUT2D eigenvalue weighted by Gasteiger charge is 2.41. The van der Waals surface area contributed by atoms with Crippen molar-refractivity contribution in [3.8, 4) is 67.3 Å². The molecule has 8 aromatic carbocycles. The molecule has 1 atom stereocenters. The van der Waals surface area contributed by atoms with Gasteiger partial charge >= 0.3 is 0 Å². The highest BCUT2D eigenvalue weighted by molar-refractivity contribution is 7.25. The van der Waals surface area contributed by atoms with E-state index in [0.29, 0.717) is 5.82 Å². The van der Waals surface area contributed by atoms with Crippen LogP contribution < -0.4 is 0 Å². The van der Waals surface area contributed by atoms with Crippen LogP contribution in [-0.4, -0.2) is 9.97 Å². The van der Waals surface area contributed by atoms with Crippen molar-refractivity contribution < 1.29 is 0 Å². The van der Waals surface area contributed by atoms with Gasteiger partial charge in [-0.2, -0.15) is 0 Å². The molecule has 57 heavy (non-hydrogen) atoms. The third kappa shape index (κ3) is 5.54. The van der Waals surface area contributed by atoms with Gasteiger partial charge in [-0.15, -0.1) is 11.3 Å². The maximum absolute atomic E-state index is 5.15. The van der Waals surface area contributed by atoms with Crippen LogP contribution in [0.4, 0.5) is 0 Å². The van der Waals surface area contributed by atoms with Gasteiger partial charge in [-0.05, 0) is 81.3 Å². The zero-order valence-electron chi connectivity index (χ0n) is 31.4. The lowest BCUT2D eigenvalue weighted by Crippen LogP contribution is -2.22. The first-order valence-electron chi connectivity index (χ1n) is 19.5. The number of nitrogens with zero attached hydrogens (tertiary/aromatic N) is 2. The molecule has 0 amide bonds. The summed E-state index contributed by atoms with van der Waals surface area (Å²) in [5, 5.41) is 2.62. The van der Waals surface area contributed by atoms with Crippen molar-refractivity contribution in [3.63, 3.8) is 0 Å². The van der Waals surface area contributed by atoms with Crippen LogP contribution in [0.25, 0.3) is 87.5 Å². The average molecular weight is 745 g/mol. The van der Waals surface area contributed by atoms with Crippen LogP contribution in [0, 0.1) is 0 Å². The molecule has 0 bridgehead atoms. The molecule has 0 radical (unpaired) electrons. The standard InChI is InChI=1S/C54H36N2S/c1-54(41-15-6-3-7-16-41)46-20-10-8-18-44(46)52-42(19-12-21-47(52)54)36-25-29-38(30-26-36)49-34-48(55-53(56-49)39-13-4-2-5-14-39)37-27-23-35(24-28-37)40-31-32-51-45(33-40)43-17-9-11-22-50(43)57-51/h2-34H,1H3. The molecule has 2 aromatic heterocycles. The molecule has 0 spiro atoms. The van der Waals surface area contributed by atoms with Gasteiger partial charge in [0.15, 0.2) is 5.82 Å². The number of benzene rings is 8. The second-order valence-electron chi connectivity index (χ2n) is 15.1. The molecule has 268 valence electrons. The van der Waals surface area contributed by atoms with Crippen LogP contribution in [0.15, 0.2) is 200 Å². The van der Waals surface area contributed by atoms with E-state index in [0.717, 1.165) is 28.1 Å². The van der Waals surface area contributed by atoms with Crippen molar-refractivity contribution >= 4 is 31.5 Å². The predicted octanol–water partition coefficient (Wildman–Crippen LogP) is 14.5. The van der Waals surface area contributed by atoms with E-state index in [1.807, 2.05) is 29.5 Å². The minimum absolute atomic E-state index is 0.237. The minimum atomic E-state index is -0.237. The van der Waals surface area contributed by atoms with E-state index in [1.54, 1.807) is 0 Å². The number of fused-ring (bicyclic) bond motifs is 6. The zero-order valence-corrected chi connectivity index (χ0v) is 32.2. The first kappa shape index (κ1) is 33.4. The molecule has 0 N–H and O–H groups in total. The van der Waals surface area contributed by atoms with Crippen LogP contribution >= 0.6 is 11.3 Å². The van der Waals surface area contributed by atoms with Crippen LogP contribution in [0.5, 0.6) is 0 Å². The Morgan fingerprint density at radius 1 is 0.386 bits per heavy atom. The third-order valence-electron chi connectivity index (χ3n) is 11.8. The van der Waals surface area contributed by atoms with Gasteiger partial charge in [0.25, 0.3) is 0 Å². The van der Waals surface area contributed by atoms with Crippen LogP contribution in [0.1, 0.15) is 23.6 Å². The van der Waals surface area contributed by atoms with Gasteiger partial charge < -0.3 is 0 Å². The Morgan fingerprint density at radius 3 is 1.70 bits per heavy atom. The summed E-state index contributed by atoms with van der Waals surface area (Å²) >= 11 is 1.85. The van der Waals surface area contributed by atoms with Gasteiger partial charge in [0.05, 0.1) is 11.4 Å². The molecule has 2 heterocycles. The fourth-order valence-electron chi connectivity index (χ4n) is 8.88. The molecule has 10 aromatic rings. The summed E-state index contributed by atoms with van der Waals surface area (Å²) in [5.74, 6) is 0.712. The predicted molar refractivity (Wildman–Crippen MR) is 240 cm³/mol. The van der Waals surface area contributed by atoms with E-state index in [2.05, 4.69) is 189 Å². The lowest BCUT2D eigenvalue weighted by molar-refractivity contribution is 0.714. The van der Waals surface area contributed by atoms with Crippen LogP contribution in [0.2, 0.25) is 0 Å². The van der Waals surface area contributed by atoms with Crippen molar-refractivity contribution in [3.05, 3.63) is 217 Å². The number of hydrogen-bond acceptors (Lipinski definition) is 3. The first-order valence-corrected chi connectivity index (χ1v) is 20.3. The Bertz CT molecular complexity index is 3110. The quantitative estimate of drug-likeness (QED) is 0.169. The number of thiophene rings is 1. The number of hydrogen-bond donors (Lipinski definition) is 0. The van der Waals surface area contributed by atoms with Crippen molar-refractivity contribution in [2.75, 3.05) is 0 Å². The maximum Gasteiger partial charge on any atom is 0.160 e. The molecule has 0 saturated heterocycles. The van der Waals surface area contributed by atoms with Crippen LogP contribution in [-0.2, 0) is 5.41 Å². The molecule has 0 fully saturated rings. The second-order valence-corrected chi connectivity index (χ2v) is 16.1. The van der Waals surface area contributed by atoms with E-state index >= 15 is 0 Å². The van der Waals surface area contributed by atoms with Crippen molar-refractivity contribution in [1.29, 1.82) is 0 Å². The summed E-state index contributed by atoms with van der Waals surface area (Å²) in [6.07, 6.45) is 0. The lowest BCUT2D eigenvalue weighted by Gasteiger charge is -2.28. The maximum atomic E-state index is 5.15. The van der Waals surface area contributed by atoms with E-state index in [4.69, 9.17) is 9.97 Å². The summed E-state index contributed by atoms with van der Waals surface area (Å²) in [6.45, 7) is 2.37. The monoisotopic (exact) mass is 744 g/mol. The Kier molecular flexibility index (Phi) is 7.84. The fourth-order valence-corrected chi connectivity index (χ4v) is 9.97. The second kappa shape index (κ2) is 13.4. The summed E-state index contributed by atoms with van der Waals surface area (Å²) in [4.78, 5) is 10.3. The molecule has 1 unspecified atom stereocenters. The van der Waals surface area contributed by atoms with Crippen molar-refractivity contribution in [2.45, 2.75) is 12.3 Å². The zero-order chi connectivity index (χ0) is 37.9. The highest BCUT2D eigenvalue weighted by Crippen LogP contribution is 2.55. The normalized spacial score (nSPS) is 14.5. The Morgan fingerprint density at radius 2 is 0.947 bits per heavy atom. The number of rotatable bonds is 6. The number of aromatic nitrogens is 2. The summed E-state index contributed by atoms with van der Waals surface area (Å²) in [5.41, 5.74) is 16.1. The molecule has 3 heteroatoms. The van der Waals surface area contributed by atoms with Crippen LogP contribution in [0.3, 0.4) is 0 Å². The summed E-state index contributed by atoms with van der Waals surface area (Å²) in [7, 11) is 0. The molecular weight excluding hydrogens is 709 g/mol. The van der Waals surface area contributed by atoms with E-state index < -0.39 is 0 Å². The molecule has 11 rings (SSSR count). The molecule has 2 nitrogen and oxygen atoms in total. The largest absolute Gasteiger partial charge is 0.228 e. The molecule has 1 aliphatic rings. The summed E-state index contributed by atoms with van der Waals surface area (Å²) in [6, 6.07) is 72.2. The topological polar surface area (TPSA) is 25.8 Å². The Balaban J connectivity index is 0.969. The van der Waals surface area contributed by atoms with E-state index in [9.17, 15) is 0 Å². The van der Waals surface area contributed by atoms with Gasteiger partial charge in [0, 0.05) is 42.3 Å². The van der Waals surface area contributed by atoms with Gasteiger partial charge in [0.2, 0.25) is 0 Å². The first-order chi connectivity index (χ1) is 28.1. The van der Waals surface area contributed by atoms with Gasteiger partial charge in [-0.25, -0.2) is 9.97 Å². The molecule has 0 saturated carbocycles. The molecule has 1 aliphatic carbocycles.